The summed E-state index contributed by atoms with van der Waals surface area (Å²) in [7, 11) is 0. The van der Waals surface area contributed by atoms with Gasteiger partial charge in [0.15, 0.2) is 0 Å². The first-order chi connectivity index (χ1) is 11.5. The Kier molecular flexibility index (Phi) is 6.68. The van der Waals surface area contributed by atoms with Crippen LogP contribution in [0, 0.1) is 0 Å². The van der Waals surface area contributed by atoms with Gasteiger partial charge in [-0.15, -0.1) is 0 Å². The first kappa shape index (κ1) is 17.9. The SMILES string of the molecule is C=C(C)COc1ccc(CCc2ccc(OCC(=C)C)cc2)cc1. The third-order valence-electron chi connectivity index (χ3n) is 3.52. The van der Waals surface area contributed by atoms with Crippen LogP contribution in [-0.2, 0) is 12.8 Å². The van der Waals surface area contributed by atoms with Gasteiger partial charge in [-0.2, -0.15) is 0 Å². The van der Waals surface area contributed by atoms with Crippen LogP contribution in [0.3, 0.4) is 0 Å². The van der Waals surface area contributed by atoms with E-state index < -0.39 is 0 Å². The summed E-state index contributed by atoms with van der Waals surface area (Å²) in [5.41, 5.74) is 4.66. The molecule has 2 rings (SSSR count). The third kappa shape index (κ3) is 6.33. The van der Waals surface area contributed by atoms with Gasteiger partial charge in [0, 0.05) is 0 Å². The maximum atomic E-state index is 5.62. The molecule has 0 aliphatic carbocycles. The minimum absolute atomic E-state index is 0.569. The monoisotopic (exact) mass is 322 g/mol. The summed E-state index contributed by atoms with van der Waals surface area (Å²) in [4.78, 5) is 0. The zero-order valence-corrected chi connectivity index (χ0v) is 14.7. The molecule has 0 radical (unpaired) electrons. The topological polar surface area (TPSA) is 18.5 Å². The Morgan fingerprint density at radius 2 is 1.00 bits per heavy atom. The molecule has 2 heteroatoms. The molecular weight excluding hydrogens is 296 g/mol. The second-order valence-corrected chi connectivity index (χ2v) is 6.28. The highest BCUT2D eigenvalue weighted by atomic mass is 16.5. The van der Waals surface area contributed by atoms with Crippen LogP contribution in [0.25, 0.3) is 0 Å². The molecule has 126 valence electrons. The summed E-state index contributed by atoms with van der Waals surface area (Å²) in [6, 6.07) is 16.6. The Hall–Kier alpha value is -2.48. The van der Waals surface area contributed by atoms with E-state index in [2.05, 4.69) is 37.4 Å². The molecular formula is C22H26O2. The first-order valence-electron chi connectivity index (χ1n) is 8.25. The van der Waals surface area contributed by atoms with Crippen molar-refractivity contribution in [3.05, 3.63) is 84.0 Å². The quantitative estimate of drug-likeness (QED) is 0.577. The van der Waals surface area contributed by atoms with Crippen LogP contribution < -0.4 is 9.47 Å². The predicted octanol–water partition coefficient (Wildman–Crippen LogP) is 5.38. The highest BCUT2D eigenvalue weighted by Gasteiger charge is 2.00. The molecule has 0 atom stereocenters. The Labute approximate surface area is 145 Å². The van der Waals surface area contributed by atoms with Crippen molar-refractivity contribution in [3.8, 4) is 11.5 Å². The molecule has 24 heavy (non-hydrogen) atoms. The van der Waals surface area contributed by atoms with Crippen LogP contribution in [0.5, 0.6) is 11.5 Å². The van der Waals surface area contributed by atoms with E-state index in [1.54, 1.807) is 0 Å². The van der Waals surface area contributed by atoms with E-state index in [1.165, 1.54) is 11.1 Å². The average molecular weight is 322 g/mol. The van der Waals surface area contributed by atoms with Gasteiger partial charge in [-0.05, 0) is 73.2 Å². The molecule has 0 aliphatic rings. The second-order valence-electron chi connectivity index (χ2n) is 6.28. The van der Waals surface area contributed by atoms with Crippen LogP contribution in [0.2, 0.25) is 0 Å². The van der Waals surface area contributed by atoms with Crippen molar-refractivity contribution in [1.29, 1.82) is 0 Å². The maximum absolute atomic E-state index is 5.62. The fourth-order valence-electron chi connectivity index (χ4n) is 2.21. The fraction of sp³-hybridized carbons (Fsp3) is 0.273. The smallest absolute Gasteiger partial charge is 0.119 e. The molecule has 0 saturated carbocycles. The molecule has 0 bridgehead atoms. The molecule has 2 aromatic carbocycles. The Balaban J connectivity index is 1.82. The van der Waals surface area contributed by atoms with Crippen LogP contribution in [0.1, 0.15) is 25.0 Å². The van der Waals surface area contributed by atoms with Crippen LogP contribution in [0.15, 0.2) is 72.8 Å². The van der Waals surface area contributed by atoms with Gasteiger partial charge in [-0.25, -0.2) is 0 Å². The molecule has 0 unspecified atom stereocenters. The molecule has 0 amide bonds. The van der Waals surface area contributed by atoms with Crippen molar-refractivity contribution in [2.45, 2.75) is 26.7 Å². The van der Waals surface area contributed by atoms with E-state index in [1.807, 2.05) is 38.1 Å². The Morgan fingerprint density at radius 3 is 1.29 bits per heavy atom. The van der Waals surface area contributed by atoms with Crippen molar-refractivity contribution in [2.75, 3.05) is 13.2 Å². The zero-order chi connectivity index (χ0) is 17.4. The summed E-state index contributed by atoms with van der Waals surface area (Å²) in [5, 5.41) is 0. The molecule has 2 nitrogen and oxygen atoms in total. The lowest BCUT2D eigenvalue weighted by atomic mass is 10.0. The highest BCUT2D eigenvalue weighted by Crippen LogP contribution is 2.17. The molecule has 0 saturated heterocycles. The van der Waals surface area contributed by atoms with E-state index in [0.717, 1.165) is 35.5 Å². The molecule has 0 spiro atoms. The molecule has 0 heterocycles. The van der Waals surface area contributed by atoms with E-state index in [0.29, 0.717) is 13.2 Å². The van der Waals surface area contributed by atoms with E-state index in [-0.39, 0.29) is 0 Å². The summed E-state index contributed by atoms with van der Waals surface area (Å²) < 4.78 is 11.2. The van der Waals surface area contributed by atoms with Crippen molar-refractivity contribution in [3.63, 3.8) is 0 Å². The summed E-state index contributed by atoms with van der Waals surface area (Å²) in [6.45, 7) is 12.7. The second kappa shape index (κ2) is 8.97. The zero-order valence-electron chi connectivity index (χ0n) is 14.7. The first-order valence-corrected chi connectivity index (χ1v) is 8.25. The van der Waals surface area contributed by atoms with Crippen molar-refractivity contribution in [2.24, 2.45) is 0 Å². The van der Waals surface area contributed by atoms with Gasteiger partial charge in [0.25, 0.3) is 0 Å². The lowest BCUT2D eigenvalue weighted by molar-refractivity contribution is 0.352. The van der Waals surface area contributed by atoms with Gasteiger partial charge < -0.3 is 9.47 Å². The number of ether oxygens (including phenoxy) is 2. The standard InChI is InChI=1S/C22H26O2/c1-17(2)15-23-21-11-7-19(8-12-21)5-6-20-9-13-22(14-10-20)24-16-18(3)4/h7-14H,1,3,5-6,15-16H2,2,4H3. The largest absolute Gasteiger partial charge is 0.489 e. The minimum atomic E-state index is 0.569. The van der Waals surface area contributed by atoms with Gasteiger partial charge in [-0.1, -0.05) is 37.4 Å². The fourth-order valence-corrected chi connectivity index (χ4v) is 2.21. The highest BCUT2D eigenvalue weighted by molar-refractivity contribution is 5.30. The van der Waals surface area contributed by atoms with Crippen LogP contribution in [0.4, 0.5) is 0 Å². The van der Waals surface area contributed by atoms with Crippen molar-refractivity contribution in [1.82, 2.24) is 0 Å². The van der Waals surface area contributed by atoms with E-state index in [4.69, 9.17) is 9.47 Å². The van der Waals surface area contributed by atoms with E-state index >= 15 is 0 Å². The molecule has 0 aromatic heterocycles. The normalized spacial score (nSPS) is 10.2. The van der Waals surface area contributed by atoms with Gasteiger partial charge in [0.05, 0.1) is 0 Å². The third-order valence-corrected chi connectivity index (χ3v) is 3.52. The number of aryl methyl sites for hydroxylation is 2. The van der Waals surface area contributed by atoms with Crippen molar-refractivity contribution < 1.29 is 9.47 Å². The average Bonchev–Trinajstić information content (AvgIpc) is 2.58. The van der Waals surface area contributed by atoms with Gasteiger partial charge in [0.2, 0.25) is 0 Å². The predicted molar refractivity (Wildman–Crippen MR) is 101 cm³/mol. The Morgan fingerprint density at radius 1 is 0.667 bits per heavy atom. The number of rotatable bonds is 9. The molecule has 0 fully saturated rings. The summed E-state index contributed by atoms with van der Waals surface area (Å²) in [6.07, 6.45) is 2.01. The van der Waals surface area contributed by atoms with Gasteiger partial charge in [0.1, 0.15) is 24.7 Å². The van der Waals surface area contributed by atoms with Gasteiger partial charge in [-0.3, -0.25) is 0 Å². The lowest BCUT2D eigenvalue weighted by Gasteiger charge is -2.08. The number of hydrogen-bond acceptors (Lipinski definition) is 2. The molecule has 0 aliphatic heterocycles. The number of benzene rings is 2. The summed E-state index contributed by atoms with van der Waals surface area (Å²) in [5.74, 6) is 1.78. The molecule has 2 aromatic rings. The molecule has 0 N–H and O–H groups in total. The summed E-state index contributed by atoms with van der Waals surface area (Å²) >= 11 is 0. The van der Waals surface area contributed by atoms with Gasteiger partial charge >= 0.3 is 0 Å². The van der Waals surface area contributed by atoms with Crippen molar-refractivity contribution >= 4 is 0 Å². The van der Waals surface area contributed by atoms with Crippen LogP contribution >= 0.6 is 0 Å². The number of hydrogen-bond donors (Lipinski definition) is 0. The Bertz CT molecular complexity index is 605. The lowest BCUT2D eigenvalue weighted by Crippen LogP contribution is -1.98. The van der Waals surface area contributed by atoms with E-state index in [9.17, 15) is 0 Å². The minimum Gasteiger partial charge on any atom is -0.489 e. The maximum Gasteiger partial charge on any atom is 0.119 e. The van der Waals surface area contributed by atoms with Crippen LogP contribution in [-0.4, -0.2) is 13.2 Å².